The highest BCUT2D eigenvalue weighted by Gasteiger charge is 2.27. The van der Waals surface area contributed by atoms with Crippen molar-refractivity contribution in [1.82, 2.24) is 4.90 Å². The minimum atomic E-state index is 0.172. The van der Waals surface area contributed by atoms with E-state index in [1.165, 1.54) is 25.7 Å². The minimum absolute atomic E-state index is 0.172. The van der Waals surface area contributed by atoms with E-state index in [0.717, 1.165) is 32.7 Å². The van der Waals surface area contributed by atoms with Gasteiger partial charge < -0.3 is 10.5 Å². The SMILES string of the molecule is CCN(CCCC1CCCO1)C(C)(CC)CN. The van der Waals surface area contributed by atoms with Crippen LogP contribution in [0.25, 0.3) is 0 Å². The largest absolute Gasteiger partial charge is 0.378 e. The van der Waals surface area contributed by atoms with Gasteiger partial charge in [-0.3, -0.25) is 4.90 Å². The summed E-state index contributed by atoms with van der Waals surface area (Å²) in [5.41, 5.74) is 6.09. The highest BCUT2D eigenvalue weighted by atomic mass is 16.5. The highest BCUT2D eigenvalue weighted by molar-refractivity contribution is 4.85. The fourth-order valence-electron chi connectivity index (χ4n) is 2.69. The van der Waals surface area contributed by atoms with Crippen LogP contribution in [0.2, 0.25) is 0 Å². The molecule has 0 aromatic carbocycles. The summed E-state index contributed by atoms with van der Waals surface area (Å²) in [6.45, 7) is 10.7. The maximum Gasteiger partial charge on any atom is 0.0576 e. The molecule has 1 aliphatic heterocycles. The highest BCUT2D eigenvalue weighted by Crippen LogP contribution is 2.21. The summed E-state index contributed by atoms with van der Waals surface area (Å²) in [5.74, 6) is 0. The molecule has 1 heterocycles. The molecule has 0 aliphatic carbocycles. The molecular weight excluding hydrogens is 212 g/mol. The van der Waals surface area contributed by atoms with Gasteiger partial charge in [0, 0.05) is 18.7 Å². The lowest BCUT2D eigenvalue weighted by Gasteiger charge is -2.39. The fourth-order valence-corrected chi connectivity index (χ4v) is 2.69. The van der Waals surface area contributed by atoms with Crippen molar-refractivity contribution in [1.29, 1.82) is 0 Å². The average molecular weight is 242 g/mol. The van der Waals surface area contributed by atoms with Gasteiger partial charge in [0.1, 0.15) is 0 Å². The van der Waals surface area contributed by atoms with Crippen LogP contribution in [0.5, 0.6) is 0 Å². The molecule has 1 saturated heterocycles. The predicted octanol–water partition coefficient (Wildman–Crippen LogP) is 2.39. The molecule has 1 aliphatic rings. The zero-order valence-electron chi connectivity index (χ0n) is 11.9. The van der Waals surface area contributed by atoms with Gasteiger partial charge in [0.25, 0.3) is 0 Å². The van der Waals surface area contributed by atoms with Crippen molar-refractivity contribution < 1.29 is 4.74 Å². The van der Waals surface area contributed by atoms with Gasteiger partial charge in [-0.25, -0.2) is 0 Å². The molecule has 3 heteroatoms. The Hall–Kier alpha value is -0.120. The second-order valence-electron chi connectivity index (χ2n) is 5.41. The normalized spacial score (nSPS) is 24.2. The van der Waals surface area contributed by atoms with Gasteiger partial charge in [-0.2, -0.15) is 0 Å². The van der Waals surface area contributed by atoms with Crippen molar-refractivity contribution in [2.45, 2.75) is 64.5 Å². The monoisotopic (exact) mass is 242 g/mol. The molecule has 2 unspecified atom stereocenters. The first-order chi connectivity index (χ1) is 8.16. The van der Waals surface area contributed by atoms with Crippen LogP contribution in [0.3, 0.4) is 0 Å². The topological polar surface area (TPSA) is 38.5 Å². The van der Waals surface area contributed by atoms with Gasteiger partial charge in [0.05, 0.1) is 6.10 Å². The lowest BCUT2D eigenvalue weighted by atomic mass is 9.96. The van der Waals surface area contributed by atoms with E-state index in [1.54, 1.807) is 0 Å². The molecule has 0 radical (unpaired) electrons. The quantitative estimate of drug-likeness (QED) is 0.710. The van der Waals surface area contributed by atoms with Crippen LogP contribution in [0.15, 0.2) is 0 Å². The van der Waals surface area contributed by atoms with E-state index in [4.69, 9.17) is 10.5 Å². The van der Waals surface area contributed by atoms with Crippen molar-refractivity contribution in [2.24, 2.45) is 5.73 Å². The van der Waals surface area contributed by atoms with E-state index in [9.17, 15) is 0 Å². The minimum Gasteiger partial charge on any atom is -0.378 e. The molecule has 0 bridgehead atoms. The number of hydrogen-bond donors (Lipinski definition) is 1. The predicted molar refractivity (Wildman–Crippen MR) is 73.2 cm³/mol. The molecule has 1 rings (SSSR count). The van der Waals surface area contributed by atoms with Gasteiger partial charge in [-0.15, -0.1) is 0 Å². The van der Waals surface area contributed by atoms with E-state index in [0.29, 0.717) is 6.10 Å². The molecule has 2 N–H and O–H groups in total. The van der Waals surface area contributed by atoms with Crippen molar-refractivity contribution >= 4 is 0 Å². The van der Waals surface area contributed by atoms with Gasteiger partial charge in [0.15, 0.2) is 0 Å². The smallest absolute Gasteiger partial charge is 0.0576 e. The summed E-state index contributed by atoms with van der Waals surface area (Å²) in [4.78, 5) is 2.53. The number of nitrogens with zero attached hydrogens (tertiary/aromatic N) is 1. The van der Waals surface area contributed by atoms with Gasteiger partial charge in [-0.05, 0) is 52.1 Å². The fraction of sp³-hybridized carbons (Fsp3) is 1.00. The maximum atomic E-state index is 5.92. The van der Waals surface area contributed by atoms with Crippen molar-refractivity contribution in [3.05, 3.63) is 0 Å². The Labute approximate surface area is 107 Å². The third kappa shape index (κ3) is 4.23. The van der Waals surface area contributed by atoms with Gasteiger partial charge in [-0.1, -0.05) is 13.8 Å². The summed E-state index contributed by atoms with van der Waals surface area (Å²) < 4.78 is 5.66. The zero-order valence-corrected chi connectivity index (χ0v) is 11.9. The van der Waals surface area contributed by atoms with Crippen molar-refractivity contribution in [2.75, 3.05) is 26.2 Å². The van der Waals surface area contributed by atoms with Crippen LogP contribution in [0, 0.1) is 0 Å². The molecule has 1 fully saturated rings. The van der Waals surface area contributed by atoms with E-state index >= 15 is 0 Å². The number of ether oxygens (including phenoxy) is 1. The number of nitrogens with two attached hydrogens (primary N) is 1. The van der Waals surface area contributed by atoms with Crippen molar-refractivity contribution in [3.63, 3.8) is 0 Å². The lowest BCUT2D eigenvalue weighted by Crippen LogP contribution is -2.51. The molecule has 102 valence electrons. The molecular formula is C14H30N2O. The van der Waals surface area contributed by atoms with Crippen LogP contribution in [-0.4, -0.2) is 42.8 Å². The first-order valence-electron chi connectivity index (χ1n) is 7.23. The van der Waals surface area contributed by atoms with Crippen LogP contribution in [0.4, 0.5) is 0 Å². The van der Waals surface area contributed by atoms with E-state index < -0.39 is 0 Å². The Balaban J connectivity index is 2.30. The average Bonchev–Trinajstić information content (AvgIpc) is 2.87. The number of hydrogen-bond acceptors (Lipinski definition) is 3. The molecule has 0 amide bonds. The molecule has 0 aromatic heterocycles. The molecule has 17 heavy (non-hydrogen) atoms. The molecule has 0 spiro atoms. The Morgan fingerprint density at radius 1 is 1.41 bits per heavy atom. The molecule has 0 aromatic rings. The standard InChI is InChI=1S/C14H30N2O/c1-4-14(3,12-15)16(5-2)10-6-8-13-9-7-11-17-13/h13H,4-12,15H2,1-3H3. The summed E-state index contributed by atoms with van der Waals surface area (Å²) in [6, 6.07) is 0. The van der Waals surface area contributed by atoms with Crippen LogP contribution >= 0.6 is 0 Å². The Kier molecular flexibility index (Phi) is 6.45. The Morgan fingerprint density at radius 3 is 2.65 bits per heavy atom. The maximum absolute atomic E-state index is 5.92. The summed E-state index contributed by atoms with van der Waals surface area (Å²) in [5, 5.41) is 0. The van der Waals surface area contributed by atoms with Gasteiger partial charge in [0.2, 0.25) is 0 Å². The van der Waals surface area contributed by atoms with E-state index in [2.05, 4.69) is 25.7 Å². The van der Waals surface area contributed by atoms with Crippen LogP contribution in [0.1, 0.15) is 52.9 Å². The first kappa shape index (κ1) is 14.9. The Bertz CT molecular complexity index is 198. The van der Waals surface area contributed by atoms with E-state index in [1.807, 2.05) is 0 Å². The summed E-state index contributed by atoms with van der Waals surface area (Å²) >= 11 is 0. The first-order valence-corrected chi connectivity index (χ1v) is 7.23. The second kappa shape index (κ2) is 7.34. The van der Waals surface area contributed by atoms with Crippen molar-refractivity contribution in [3.8, 4) is 0 Å². The van der Waals surface area contributed by atoms with Gasteiger partial charge >= 0.3 is 0 Å². The third-order valence-electron chi connectivity index (χ3n) is 4.32. The number of rotatable bonds is 8. The second-order valence-corrected chi connectivity index (χ2v) is 5.41. The summed E-state index contributed by atoms with van der Waals surface area (Å²) in [7, 11) is 0. The molecule has 2 atom stereocenters. The number of likely N-dealkylation sites (N-methyl/N-ethyl adjacent to an activating group) is 1. The lowest BCUT2D eigenvalue weighted by molar-refractivity contribution is 0.0814. The summed E-state index contributed by atoms with van der Waals surface area (Å²) in [6.07, 6.45) is 6.59. The van der Waals surface area contributed by atoms with E-state index in [-0.39, 0.29) is 5.54 Å². The zero-order chi connectivity index (χ0) is 12.7. The molecule has 0 saturated carbocycles. The third-order valence-corrected chi connectivity index (χ3v) is 4.32. The Morgan fingerprint density at radius 2 is 2.18 bits per heavy atom. The van der Waals surface area contributed by atoms with Crippen LogP contribution in [-0.2, 0) is 4.74 Å². The molecule has 3 nitrogen and oxygen atoms in total. The van der Waals surface area contributed by atoms with Crippen LogP contribution < -0.4 is 5.73 Å².